The van der Waals surface area contributed by atoms with Crippen molar-refractivity contribution in [2.45, 2.75) is 0 Å². The van der Waals surface area contributed by atoms with Gasteiger partial charge in [-0.25, -0.2) is 9.37 Å². The number of nitrogens with zero attached hydrogens (tertiary/aromatic N) is 4. The highest BCUT2D eigenvalue weighted by molar-refractivity contribution is 6.00. The van der Waals surface area contributed by atoms with Crippen molar-refractivity contribution in [3.63, 3.8) is 0 Å². The number of methoxy groups -OCH3 is 1. The van der Waals surface area contributed by atoms with Crippen molar-refractivity contribution in [2.75, 3.05) is 12.8 Å². The zero-order valence-corrected chi connectivity index (χ0v) is 18.0. The molecule has 34 heavy (non-hydrogen) atoms. The Kier molecular flexibility index (Phi) is 4.48. The SMILES string of the molecule is COc1cc(F)cc(-c2cncc3[nH]c(-c4n[nH]c5ccc(-c6cncc(N)c6)nc45)cc23)c1. The predicted molar refractivity (Wildman–Crippen MR) is 129 cm³/mol. The van der Waals surface area contributed by atoms with E-state index in [1.807, 2.05) is 24.3 Å². The summed E-state index contributed by atoms with van der Waals surface area (Å²) < 4.78 is 19.4. The van der Waals surface area contributed by atoms with Crippen LogP contribution in [0.4, 0.5) is 10.1 Å². The summed E-state index contributed by atoms with van der Waals surface area (Å²) in [5.74, 6) is 0.0574. The molecular formula is C25H18FN7O. The van der Waals surface area contributed by atoms with Gasteiger partial charge in [-0.15, -0.1) is 0 Å². The first kappa shape index (κ1) is 19.9. The maximum absolute atomic E-state index is 14.2. The van der Waals surface area contributed by atoms with E-state index in [0.29, 0.717) is 28.2 Å². The molecule has 0 aliphatic rings. The zero-order valence-electron chi connectivity index (χ0n) is 18.0. The topological polar surface area (TPSA) is 118 Å². The van der Waals surface area contributed by atoms with Crippen molar-refractivity contribution >= 4 is 27.6 Å². The maximum Gasteiger partial charge on any atom is 0.135 e. The highest BCUT2D eigenvalue weighted by atomic mass is 19.1. The molecule has 0 radical (unpaired) electrons. The van der Waals surface area contributed by atoms with Crippen molar-refractivity contribution in [2.24, 2.45) is 0 Å². The van der Waals surface area contributed by atoms with Crippen molar-refractivity contribution in [3.05, 3.63) is 73.1 Å². The summed E-state index contributed by atoms with van der Waals surface area (Å²) in [7, 11) is 1.51. The Labute approximate surface area is 192 Å². The van der Waals surface area contributed by atoms with Gasteiger partial charge in [0.15, 0.2) is 0 Å². The van der Waals surface area contributed by atoms with E-state index in [0.717, 1.165) is 38.9 Å². The van der Waals surface area contributed by atoms with E-state index < -0.39 is 0 Å². The number of H-pyrrole nitrogens is 2. The fraction of sp³-hybridized carbons (Fsp3) is 0.0400. The number of nitrogen functional groups attached to an aromatic ring is 1. The third kappa shape index (κ3) is 3.30. The standard InChI is InChI=1S/C25H18FN7O/c1-34-17-6-13(4-15(26)7-17)19-11-29-12-23-18(19)8-22(30-23)25-24-21(32-33-25)3-2-20(31-24)14-5-16(27)10-28-9-14/h2-12,30H,27H2,1H3,(H,32,33). The van der Waals surface area contributed by atoms with Gasteiger partial charge in [-0.3, -0.25) is 15.1 Å². The van der Waals surface area contributed by atoms with E-state index in [2.05, 4.69) is 25.1 Å². The van der Waals surface area contributed by atoms with Crippen LogP contribution >= 0.6 is 0 Å². The summed E-state index contributed by atoms with van der Waals surface area (Å²) in [5, 5.41) is 8.41. The summed E-state index contributed by atoms with van der Waals surface area (Å²) in [6, 6.07) is 12.2. The third-order valence-electron chi connectivity index (χ3n) is 5.68. The number of halogens is 1. The molecule has 0 aliphatic carbocycles. The Hall–Kier alpha value is -4.79. The minimum atomic E-state index is -0.381. The molecular weight excluding hydrogens is 433 g/mol. The smallest absolute Gasteiger partial charge is 0.135 e. The van der Waals surface area contributed by atoms with E-state index in [1.54, 1.807) is 30.9 Å². The largest absolute Gasteiger partial charge is 0.497 e. The molecule has 5 aromatic heterocycles. The number of nitrogens with two attached hydrogens (primary N) is 1. The van der Waals surface area contributed by atoms with Gasteiger partial charge >= 0.3 is 0 Å². The normalized spacial score (nSPS) is 11.4. The Morgan fingerprint density at radius 2 is 1.79 bits per heavy atom. The van der Waals surface area contributed by atoms with Crippen LogP contribution in [0.1, 0.15) is 0 Å². The lowest BCUT2D eigenvalue weighted by Crippen LogP contribution is -1.90. The first-order valence-corrected chi connectivity index (χ1v) is 10.5. The molecule has 0 aliphatic heterocycles. The summed E-state index contributed by atoms with van der Waals surface area (Å²) in [6.45, 7) is 0. The lowest BCUT2D eigenvalue weighted by molar-refractivity contribution is 0.411. The van der Waals surface area contributed by atoms with Crippen molar-refractivity contribution < 1.29 is 9.13 Å². The molecule has 1 aromatic carbocycles. The van der Waals surface area contributed by atoms with E-state index in [9.17, 15) is 4.39 Å². The van der Waals surface area contributed by atoms with Crippen molar-refractivity contribution in [3.8, 4) is 39.5 Å². The molecule has 166 valence electrons. The molecule has 4 N–H and O–H groups in total. The number of rotatable bonds is 4. The van der Waals surface area contributed by atoms with Crippen LogP contribution in [0.15, 0.2) is 67.3 Å². The maximum atomic E-state index is 14.2. The number of hydrogen-bond acceptors (Lipinski definition) is 6. The zero-order chi connectivity index (χ0) is 23.2. The Balaban J connectivity index is 1.50. The second-order valence-electron chi connectivity index (χ2n) is 7.88. The average molecular weight is 451 g/mol. The fourth-order valence-corrected chi connectivity index (χ4v) is 4.09. The molecule has 5 heterocycles. The number of hydrogen-bond donors (Lipinski definition) is 3. The van der Waals surface area contributed by atoms with Crippen LogP contribution in [0.5, 0.6) is 5.75 Å². The summed E-state index contributed by atoms with van der Waals surface area (Å²) in [6.07, 6.45) is 6.75. The van der Waals surface area contributed by atoms with Gasteiger partial charge in [0.2, 0.25) is 0 Å². The lowest BCUT2D eigenvalue weighted by atomic mass is 10.0. The molecule has 0 amide bonds. The van der Waals surface area contributed by atoms with Crippen molar-refractivity contribution in [1.82, 2.24) is 30.1 Å². The summed E-state index contributed by atoms with van der Waals surface area (Å²) in [5.41, 5.74) is 13.2. The first-order valence-electron chi connectivity index (χ1n) is 10.5. The van der Waals surface area contributed by atoms with Gasteiger partial charge in [0.25, 0.3) is 0 Å². The second kappa shape index (κ2) is 7.66. The summed E-state index contributed by atoms with van der Waals surface area (Å²) in [4.78, 5) is 16.7. The van der Waals surface area contributed by atoms with Gasteiger partial charge in [0.05, 0.1) is 41.4 Å². The molecule has 0 fully saturated rings. The van der Waals surface area contributed by atoms with Crippen LogP contribution in [-0.2, 0) is 0 Å². The number of benzene rings is 1. The quantitative estimate of drug-likeness (QED) is 0.349. The molecule has 0 bridgehead atoms. The van der Waals surface area contributed by atoms with Gasteiger partial charge in [0.1, 0.15) is 22.8 Å². The van der Waals surface area contributed by atoms with Gasteiger partial charge in [-0.05, 0) is 42.0 Å². The van der Waals surface area contributed by atoms with Gasteiger partial charge in [0, 0.05) is 41.2 Å². The minimum Gasteiger partial charge on any atom is -0.497 e. The first-order chi connectivity index (χ1) is 16.6. The Bertz CT molecular complexity index is 1690. The monoisotopic (exact) mass is 451 g/mol. The Morgan fingerprint density at radius 1 is 0.912 bits per heavy atom. The summed E-state index contributed by atoms with van der Waals surface area (Å²) >= 11 is 0. The number of ether oxygens (including phenoxy) is 1. The van der Waals surface area contributed by atoms with Crippen LogP contribution in [0.3, 0.4) is 0 Å². The van der Waals surface area contributed by atoms with Gasteiger partial charge in [-0.2, -0.15) is 5.10 Å². The number of pyridine rings is 3. The van der Waals surface area contributed by atoms with Gasteiger partial charge in [-0.1, -0.05) is 0 Å². The number of anilines is 1. The molecule has 8 nitrogen and oxygen atoms in total. The number of fused-ring (bicyclic) bond motifs is 2. The Morgan fingerprint density at radius 3 is 2.65 bits per heavy atom. The fourth-order valence-electron chi connectivity index (χ4n) is 4.09. The molecule has 0 spiro atoms. The molecule has 0 saturated carbocycles. The van der Waals surface area contributed by atoms with Crippen LogP contribution < -0.4 is 10.5 Å². The van der Waals surface area contributed by atoms with Crippen LogP contribution in [0, 0.1) is 5.82 Å². The van der Waals surface area contributed by atoms with Gasteiger partial charge < -0.3 is 15.5 Å². The lowest BCUT2D eigenvalue weighted by Gasteiger charge is -2.06. The number of aromatic amines is 2. The van der Waals surface area contributed by atoms with Crippen LogP contribution in [0.25, 0.3) is 55.7 Å². The van der Waals surface area contributed by atoms with E-state index >= 15 is 0 Å². The molecule has 9 heteroatoms. The molecule has 6 rings (SSSR count). The average Bonchev–Trinajstić information content (AvgIpc) is 3.47. The van der Waals surface area contributed by atoms with E-state index in [1.165, 1.54) is 19.2 Å². The molecule has 0 saturated heterocycles. The van der Waals surface area contributed by atoms with E-state index in [-0.39, 0.29) is 5.82 Å². The van der Waals surface area contributed by atoms with Crippen LogP contribution in [0.2, 0.25) is 0 Å². The second-order valence-corrected chi connectivity index (χ2v) is 7.88. The highest BCUT2D eigenvalue weighted by Crippen LogP contribution is 2.35. The van der Waals surface area contributed by atoms with Crippen LogP contribution in [-0.4, -0.2) is 37.2 Å². The van der Waals surface area contributed by atoms with Crippen molar-refractivity contribution in [1.29, 1.82) is 0 Å². The molecule has 6 aromatic rings. The molecule has 0 unspecified atom stereocenters. The third-order valence-corrected chi connectivity index (χ3v) is 5.68. The van der Waals surface area contributed by atoms with E-state index in [4.69, 9.17) is 15.5 Å². The molecule has 0 atom stereocenters. The number of aromatic nitrogens is 6. The minimum absolute atomic E-state index is 0.381. The highest BCUT2D eigenvalue weighted by Gasteiger charge is 2.16. The predicted octanol–water partition coefficient (Wildman–Crippen LogP) is 4.96. The number of nitrogens with one attached hydrogen (secondary N) is 2.